The molecule has 2 amide bonds. The quantitative estimate of drug-likeness (QED) is 0.624. The molecule has 8 nitrogen and oxygen atoms in total. The molecule has 0 radical (unpaired) electrons. The van der Waals surface area contributed by atoms with Crippen LogP contribution in [0.5, 0.6) is 0 Å². The minimum Gasteiger partial charge on any atom is -0.339 e. The first kappa shape index (κ1) is 24.2. The van der Waals surface area contributed by atoms with Crippen molar-refractivity contribution in [2.45, 2.75) is 22.5 Å². The Kier molecular flexibility index (Phi) is 6.97. The number of hydrogen-bond donors (Lipinski definition) is 0. The number of nitrogens with zero attached hydrogens (tertiary/aromatic N) is 2. The van der Waals surface area contributed by atoms with Gasteiger partial charge in [0.25, 0.3) is 5.91 Å². The Labute approximate surface area is 192 Å². The van der Waals surface area contributed by atoms with E-state index >= 15 is 0 Å². The number of benzene rings is 2. The Morgan fingerprint density at radius 3 is 1.94 bits per heavy atom. The fourth-order valence-corrected chi connectivity index (χ4v) is 5.59. The summed E-state index contributed by atoms with van der Waals surface area (Å²) in [6.07, 6.45) is 1.07. The number of rotatable bonds is 5. The van der Waals surface area contributed by atoms with Gasteiger partial charge in [0.15, 0.2) is 19.7 Å². The first-order valence-electron chi connectivity index (χ1n) is 9.74. The Bertz CT molecular complexity index is 1250. The van der Waals surface area contributed by atoms with Gasteiger partial charge in [-0.15, -0.1) is 0 Å². The minimum absolute atomic E-state index is 0.0557. The highest BCUT2D eigenvalue weighted by atomic mass is 35.5. The van der Waals surface area contributed by atoms with Crippen LogP contribution in [-0.4, -0.2) is 70.9 Å². The van der Waals surface area contributed by atoms with Crippen molar-refractivity contribution in [1.29, 1.82) is 0 Å². The number of halogens is 1. The summed E-state index contributed by atoms with van der Waals surface area (Å²) in [7, 11) is -7.20. The van der Waals surface area contributed by atoms with Crippen LogP contribution in [0, 0.1) is 0 Å². The van der Waals surface area contributed by atoms with Crippen molar-refractivity contribution in [1.82, 2.24) is 9.80 Å². The van der Waals surface area contributed by atoms with Gasteiger partial charge in [0.2, 0.25) is 5.91 Å². The Balaban J connectivity index is 1.81. The van der Waals surface area contributed by atoms with Crippen LogP contribution in [0.15, 0.2) is 52.3 Å². The van der Waals surface area contributed by atoms with Crippen LogP contribution in [0.25, 0.3) is 0 Å². The molecule has 2 aromatic rings. The normalized spacial score (nSPS) is 15.0. The summed E-state index contributed by atoms with van der Waals surface area (Å²) >= 11 is 6.20. The van der Waals surface area contributed by atoms with E-state index in [-0.39, 0.29) is 32.0 Å². The van der Waals surface area contributed by atoms with Crippen LogP contribution < -0.4 is 0 Å². The van der Waals surface area contributed by atoms with Crippen LogP contribution in [0.4, 0.5) is 0 Å². The van der Waals surface area contributed by atoms with Crippen molar-refractivity contribution in [2.24, 2.45) is 0 Å². The summed E-state index contributed by atoms with van der Waals surface area (Å²) < 4.78 is 49.0. The van der Waals surface area contributed by atoms with E-state index in [4.69, 9.17) is 11.6 Å². The molecular weight excluding hydrogens is 476 g/mol. The van der Waals surface area contributed by atoms with E-state index in [9.17, 15) is 26.4 Å². The lowest BCUT2D eigenvalue weighted by atomic mass is 10.1. The summed E-state index contributed by atoms with van der Waals surface area (Å²) in [4.78, 5) is 27.7. The number of amides is 2. The highest BCUT2D eigenvalue weighted by Gasteiger charge is 2.26. The number of piperazine rings is 1. The van der Waals surface area contributed by atoms with Crippen molar-refractivity contribution in [2.75, 3.05) is 32.4 Å². The summed E-state index contributed by atoms with van der Waals surface area (Å²) in [5.74, 6) is -0.815. The van der Waals surface area contributed by atoms with Gasteiger partial charge in [0.05, 0.1) is 26.1 Å². The number of sulfone groups is 2. The fourth-order valence-electron chi connectivity index (χ4n) is 3.39. The van der Waals surface area contributed by atoms with Crippen LogP contribution in [0.3, 0.4) is 0 Å². The van der Waals surface area contributed by atoms with Gasteiger partial charge in [-0.1, -0.05) is 23.7 Å². The third kappa shape index (κ3) is 5.48. The molecule has 1 heterocycles. The Morgan fingerprint density at radius 2 is 1.41 bits per heavy atom. The molecule has 11 heteroatoms. The van der Waals surface area contributed by atoms with Crippen molar-refractivity contribution in [3.8, 4) is 0 Å². The zero-order valence-corrected chi connectivity index (χ0v) is 20.0. The standard InChI is InChI=1S/C21H23ClN2O6S2/c1-15(25)23-9-11-24(12-10-23)21(26)19-13-18(7-8-20(19)22)32(29,30)14-16-3-5-17(6-4-16)31(2,27)28/h3-8,13H,9-12,14H2,1-2H3. The highest BCUT2D eigenvalue weighted by molar-refractivity contribution is 7.91. The van der Waals surface area contributed by atoms with E-state index in [1.54, 1.807) is 9.80 Å². The molecule has 1 aliphatic rings. The maximum absolute atomic E-state index is 13.0. The van der Waals surface area contributed by atoms with E-state index in [0.717, 1.165) is 6.26 Å². The first-order valence-corrected chi connectivity index (χ1v) is 13.7. The largest absolute Gasteiger partial charge is 0.339 e. The van der Waals surface area contributed by atoms with Crippen molar-refractivity contribution in [3.63, 3.8) is 0 Å². The Hall–Kier alpha value is -2.43. The molecule has 0 aromatic heterocycles. The predicted molar refractivity (Wildman–Crippen MR) is 120 cm³/mol. The van der Waals surface area contributed by atoms with Gasteiger partial charge < -0.3 is 9.80 Å². The summed E-state index contributed by atoms with van der Waals surface area (Å²) in [5, 5.41) is 0.139. The Morgan fingerprint density at radius 1 is 0.875 bits per heavy atom. The second kappa shape index (κ2) is 9.21. The van der Waals surface area contributed by atoms with Gasteiger partial charge in [-0.3, -0.25) is 9.59 Å². The molecule has 0 atom stereocenters. The third-order valence-corrected chi connectivity index (χ3v) is 8.39. The molecule has 1 fully saturated rings. The molecule has 3 rings (SSSR count). The van der Waals surface area contributed by atoms with Gasteiger partial charge >= 0.3 is 0 Å². The minimum atomic E-state index is -3.82. The number of hydrogen-bond acceptors (Lipinski definition) is 6. The molecule has 1 aliphatic heterocycles. The van der Waals surface area contributed by atoms with E-state index < -0.39 is 25.6 Å². The number of carbonyl (C=O) groups is 2. The van der Waals surface area contributed by atoms with Gasteiger partial charge in [-0.2, -0.15) is 0 Å². The van der Waals surface area contributed by atoms with Crippen molar-refractivity contribution in [3.05, 3.63) is 58.6 Å². The SMILES string of the molecule is CC(=O)N1CCN(C(=O)c2cc(S(=O)(=O)Cc3ccc(S(C)(=O)=O)cc3)ccc2Cl)CC1. The van der Waals surface area contributed by atoms with E-state index in [2.05, 4.69) is 0 Å². The predicted octanol–water partition coefficient (Wildman–Crippen LogP) is 2.02. The highest BCUT2D eigenvalue weighted by Crippen LogP contribution is 2.25. The maximum Gasteiger partial charge on any atom is 0.255 e. The summed E-state index contributed by atoms with van der Waals surface area (Å²) in [6.45, 7) is 2.94. The molecule has 32 heavy (non-hydrogen) atoms. The van der Waals surface area contributed by atoms with E-state index in [0.29, 0.717) is 31.7 Å². The smallest absolute Gasteiger partial charge is 0.255 e. The lowest BCUT2D eigenvalue weighted by Crippen LogP contribution is -2.50. The molecule has 0 bridgehead atoms. The molecule has 0 saturated carbocycles. The molecule has 0 N–H and O–H groups in total. The van der Waals surface area contributed by atoms with Gasteiger partial charge in [-0.05, 0) is 35.9 Å². The molecular formula is C21H23ClN2O6S2. The molecule has 172 valence electrons. The zero-order valence-electron chi connectivity index (χ0n) is 17.6. The lowest BCUT2D eigenvalue weighted by molar-refractivity contribution is -0.130. The zero-order chi connectivity index (χ0) is 23.7. The third-order valence-electron chi connectivity index (χ3n) is 5.25. The van der Waals surface area contributed by atoms with E-state index in [1.807, 2.05) is 0 Å². The lowest BCUT2D eigenvalue weighted by Gasteiger charge is -2.34. The van der Waals surface area contributed by atoms with E-state index in [1.165, 1.54) is 49.4 Å². The van der Waals surface area contributed by atoms with Crippen LogP contribution in [0.2, 0.25) is 5.02 Å². The van der Waals surface area contributed by atoms with Gasteiger partial charge in [0, 0.05) is 39.4 Å². The monoisotopic (exact) mass is 498 g/mol. The summed E-state index contributed by atoms with van der Waals surface area (Å²) in [5.41, 5.74) is 0.497. The van der Waals surface area contributed by atoms with Crippen LogP contribution >= 0.6 is 11.6 Å². The molecule has 0 spiro atoms. The number of carbonyl (C=O) groups excluding carboxylic acids is 2. The van der Waals surface area contributed by atoms with Crippen molar-refractivity contribution < 1.29 is 26.4 Å². The van der Waals surface area contributed by atoms with Gasteiger partial charge in [-0.25, -0.2) is 16.8 Å². The fraction of sp³-hybridized carbons (Fsp3) is 0.333. The van der Waals surface area contributed by atoms with Crippen LogP contribution in [0.1, 0.15) is 22.8 Å². The van der Waals surface area contributed by atoms with Crippen LogP contribution in [-0.2, 0) is 30.2 Å². The van der Waals surface area contributed by atoms with Crippen molar-refractivity contribution >= 4 is 43.1 Å². The second-order valence-corrected chi connectivity index (χ2v) is 12.0. The average molecular weight is 499 g/mol. The topological polar surface area (TPSA) is 109 Å². The first-order chi connectivity index (χ1) is 14.9. The molecule has 0 unspecified atom stereocenters. The average Bonchev–Trinajstić information content (AvgIpc) is 2.73. The molecule has 0 aliphatic carbocycles. The van der Waals surface area contributed by atoms with Gasteiger partial charge in [0.1, 0.15) is 0 Å². The molecule has 1 saturated heterocycles. The second-order valence-electron chi connectivity index (χ2n) is 7.62. The molecule has 2 aromatic carbocycles. The maximum atomic E-state index is 13.0. The summed E-state index contributed by atoms with van der Waals surface area (Å²) in [6, 6.07) is 9.60.